The highest BCUT2D eigenvalue weighted by molar-refractivity contribution is 5.92. The molecule has 0 saturated carbocycles. The van der Waals surface area contributed by atoms with Crippen LogP contribution in [-0.2, 0) is 14.3 Å². The summed E-state index contributed by atoms with van der Waals surface area (Å²) in [5, 5.41) is 7.20. The Morgan fingerprint density at radius 3 is 2.76 bits per heavy atom. The maximum Gasteiger partial charge on any atom is 0.387 e. The molecule has 0 bridgehead atoms. The van der Waals surface area contributed by atoms with E-state index in [0.29, 0.717) is 22.8 Å². The van der Waals surface area contributed by atoms with Gasteiger partial charge in [0.1, 0.15) is 19.0 Å². The number of carbonyl (C=O) groups is 1. The third-order valence-electron chi connectivity index (χ3n) is 4.25. The van der Waals surface area contributed by atoms with Crippen molar-refractivity contribution < 1.29 is 32.5 Å². The standard InChI is InChI=1S/C18H20F2N4O5/c1-10-14(16(25)28-7-6-26-2)15(24-18(23-10)21-9-22-24)11-4-5-12(29-17(19)20)13(8-11)27-3/h4-5,8-9,15,17H,6-7H2,1-3H3,(H,21,22,23). The van der Waals surface area contributed by atoms with Crippen molar-refractivity contribution in [2.75, 3.05) is 32.8 Å². The van der Waals surface area contributed by atoms with Crippen molar-refractivity contribution in [3.05, 3.63) is 41.4 Å². The summed E-state index contributed by atoms with van der Waals surface area (Å²) in [5.74, 6) is -0.172. The number of nitrogens with one attached hydrogen (secondary N) is 1. The Kier molecular flexibility index (Phi) is 6.27. The molecular weight excluding hydrogens is 390 g/mol. The van der Waals surface area contributed by atoms with Crippen molar-refractivity contribution in [3.63, 3.8) is 0 Å². The van der Waals surface area contributed by atoms with E-state index in [1.165, 1.54) is 37.4 Å². The number of nitrogens with zero attached hydrogens (tertiary/aromatic N) is 3. The van der Waals surface area contributed by atoms with Crippen LogP contribution >= 0.6 is 0 Å². The lowest BCUT2D eigenvalue weighted by molar-refractivity contribution is -0.140. The Labute approximate surface area is 165 Å². The quantitative estimate of drug-likeness (QED) is 0.523. The number of ether oxygens (including phenoxy) is 4. The van der Waals surface area contributed by atoms with E-state index in [4.69, 9.17) is 14.2 Å². The highest BCUT2D eigenvalue weighted by atomic mass is 19.3. The van der Waals surface area contributed by atoms with Gasteiger partial charge in [0.25, 0.3) is 0 Å². The van der Waals surface area contributed by atoms with Gasteiger partial charge >= 0.3 is 12.6 Å². The molecule has 1 atom stereocenters. The van der Waals surface area contributed by atoms with Crippen molar-refractivity contribution in [1.82, 2.24) is 14.8 Å². The molecule has 0 fully saturated rings. The van der Waals surface area contributed by atoms with Gasteiger partial charge in [-0.25, -0.2) is 9.48 Å². The van der Waals surface area contributed by atoms with Crippen molar-refractivity contribution in [2.45, 2.75) is 19.6 Å². The molecule has 1 unspecified atom stereocenters. The number of rotatable bonds is 8. The average molecular weight is 410 g/mol. The molecule has 0 saturated heterocycles. The highest BCUT2D eigenvalue weighted by Crippen LogP contribution is 2.39. The molecule has 1 aliphatic rings. The van der Waals surface area contributed by atoms with Gasteiger partial charge in [-0.1, -0.05) is 6.07 Å². The summed E-state index contributed by atoms with van der Waals surface area (Å²) in [6.45, 7) is -0.959. The molecule has 156 valence electrons. The number of halogens is 2. The van der Waals surface area contributed by atoms with Crippen LogP contribution < -0.4 is 14.8 Å². The number of carbonyl (C=O) groups excluding carboxylic acids is 1. The summed E-state index contributed by atoms with van der Waals surface area (Å²) in [6.07, 6.45) is 1.34. The van der Waals surface area contributed by atoms with Gasteiger partial charge in [0.15, 0.2) is 11.5 Å². The molecule has 11 heteroatoms. The number of anilines is 1. The largest absolute Gasteiger partial charge is 0.493 e. The Hall–Kier alpha value is -3.21. The SMILES string of the molecule is COCCOC(=O)C1=C(C)Nc2ncnn2C1c1ccc(OC(F)F)c(OC)c1. The minimum Gasteiger partial charge on any atom is -0.493 e. The smallest absolute Gasteiger partial charge is 0.387 e. The second-order valence-corrected chi connectivity index (χ2v) is 6.01. The predicted octanol–water partition coefficient (Wildman–Crippen LogP) is 2.37. The number of fused-ring (bicyclic) bond motifs is 1. The lowest BCUT2D eigenvalue weighted by Crippen LogP contribution is -2.30. The number of esters is 1. The number of hydrogen-bond acceptors (Lipinski definition) is 8. The molecule has 0 spiro atoms. The summed E-state index contributed by atoms with van der Waals surface area (Å²) >= 11 is 0. The van der Waals surface area contributed by atoms with Crippen LogP contribution in [0.25, 0.3) is 0 Å². The minimum atomic E-state index is -3.00. The molecule has 2 heterocycles. The summed E-state index contributed by atoms with van der Waals surface area (Å²) in [4.78, 5) is 16.9. The number of aromatic nitrogens is 3. The first-order valence-electron chi connectivity index (χ1n) is 8.62. The van der Waals surface area contributed by atoms with E-state index in [2.05, 4.69) is 20.1 Å². The molecule has 1 aromatic heterocycles. The molecule has 0 aliphatic carbocycles. The number of hydrogen-bond donors (Lipinski definition) is 1. The van der Waals surface area contributed by atoms with E-state index in [9.17, 15) is 13.6 Å². The predicted molar refractivity (Wildman–Crippen MR) is 96.9 cm³/mol. The van der Waals surface area contributed by atoms with E-state index in [-0.39, 0.29) is 24.7 Å². The first kappa shape index (κ1) is 20.5. The first-order valence-corrected chi connectivity index (χ1v) is 8.62. The van der Waals surface area contributed by atoms with Crippen LogP contribution in [0.3, 0.4) is 0 Å². The molecule has 29 heavy (non-hydrogen) atoms. The maximum atomic E-state index is 12.8. The summed E-state index contributed by atoms with van der Waals surface area (Å²) < 4.78 is 46.6. The third-order valence-corrected chi connectivity index (χ3v) is 4.25. The number of methoxy groups -OCH3 is 2. The van der Waals surface area contributed by atoms with E-state index in [0.717, 1.165) is 0 Å². The summed E-state index contributed by atoms with van der Waals surface area (Å²) in [7, 11) is 2.84. The normalized spacial score (nSPS) is 15.7. The van der Waals surface area contributed by atoms with E-state index < -0.39 is 18.6 Å². The second-order valence-electron chi connectivity index (χ2n) is 6.01. The van der Waals surface area contributed by atoms with Gasteiger partial charge < -0.3 is 24.3 Å². The van der Waals surface area contributed by atoms with E-state index in [1.54, 1.807) is 13.0 Å². The minimum absolute atomic E-state index is 0.0769. The van der Waals surface area contributed by atoms with Crippen molar-refractivity contribution in [2.24, 2.45) is 0 Å². The monoisotopic (exact) mass is 410 g/mol. The van der Waals surface area contributed by atoms with Crippen LogP contribution in [0.15, 0.2) is 35.8 Å². The Morgan fingerprint density at radius 2 is 2.07 bits per heavy atom. The van der Waals surface area contributed by atoms with Crippen molar-refractivity contribution >= 4 is 11.9 Å². The topological polar surface area (TPSA) is 96.7 Å². The van der Waals surface area contributed by atoms with Crippen molar-refractivity contribution in [3.8, 4) is 11.5 Å². The Morgan fingerprint density at radius 1 is 1.28 bits per heavy atom. The van der Waals surface area contributed by atoms with Gasteiger partial charge in [-0.3, -0.25) is 0 Å². The first-order chi connectivity index (χ1) is 14.0. The molecule has 1 N–H and O–H groups in total. The fourth-order valence-electron chi connectivity index (χ4n) is 3.01. The van der Waals surface area contributed by atoms with Crippen LogP contribution in [0, 0.1) is 0 Å². The average Bonchev–Trinajstić information content (AvgIpc) is 3.15. The lowest BCUT2D eigenvalue weighted by atomic mass is 9.95. The zero-order valence-corrected chi connectivity index (χ0v) is 16.0. The zero-order valence-electron chi connectivity index (χ0n) is 16.0. The lowest BCUT2D eigenvalue weighted by Gasteiger charge is -2.28. The van der Waals surface area contributed by atoms with Crippen LogP contribution in [0.5, 0.6) is 11.5 Å². The third kappa shape index (κ3) is 4.29. The molecule has 0 radical (unpaired) electrons. The highest BCUT2D eigenvalue weighted by Gasteiger charge is 2.35. The van der Waals surface area contributed by atoms with Crippen LogP contribution in [0.4, 0.5) is 14.7 Å². The molecular formula is C18H20F2N4O5. The van der Waals surface area contributed by atoms with Gasteiger partial charge in [-0.05, 0) is 24.6 Å². The maximum absolute atomic E-state index is 12.8. The van der Waals surface area contributed by atoms with Gasteiger partial charge in [0.2, 0.25) is 5.95 Å². The van der Waals surface area contributed by atoms with E-state index >= 15 is 0 Å². The van der Waals surface area contributed by atoms with Gasteiger partial charge in [0, 0.05) is 12.8 Å². The van der Waals surface area contributed by atoms with Crippen LogP contribution in [-0.4, -0.2) is 54.8 Å². The van der Waals surface area contributed by atoms with Gasteiger partial charge in [-0.15, -0.1) is 0 Å². The number of benzene rings is 1. The van der Waals surface area contributed by atoms with Crippen molar-refractivity contribution in [1.29, 1.82) is 0 Å². The molecule has 0 amide bonds. The fourth-order valence-corrected chi connectivity index (χ4v) is 3.01. The fraction of sp³-hybridized carbons (Fsp3) is 0.389. The molecule has 1 aliphatic heterocycles. The van der Waals surface area contributed by atoms with Crippen LogP contribution in [0.1, 0.15) is 18.5 Å². The number of allylic oxidation sites excluding steroid dienone is 1. The molecule has 9 nitrogen and oxygen atoms in total. The Balaban J connectivity index is 2.03. The van der Waals surface area contributed by atoms with Crippen LogP contribution in [0.2, 0.25) is 0 Å². The van der Waals surface area contributed by atoms with Gasteiger partial charge in [-0.2, -0.15) is 18.9 Å². The summed E-state index contributed by atoms with van der Waals surface area (Å²) in [5.41, 5.74) is 1.38. The molecule has 2 aromatic rings. The number of alkyl halides is 2. The second kappa shape index (κ2) is 8.86. The molecule has 3 rings (SSSR count). The Bertz CT molecular complexity index is 915. The molecule has 1 aromatic carbocycles. The zero-order chi connectivity index (χ0) is 21.0. The summed E-state index contributed by atoms with van der Waals surface area (Å²) in [6, 6.07) is 3.70. The van der Waals surface area contributed by atoms with Gasteiger partial charge in [0.05, 0.1) is 19.3 Å². The van der Waals surface area contributed by atoms with E-state index in [1.807, 2.05) is 0 Å².